The van der Waals surface area contributed by atoms with Crippen LogP contribution < -0.4 is 14.2 Å². The van der Waals surface area contributed by atoms with Gasteiger partial charge in [0, 0.05) is 10.9 Å². The standard InChI is InChI=1S/C18H21BrO3/c1-13-12-18(14(2)11-17(13)19)22-10-4-9-21-16-7-5-15(20-3)6-8-16/h5-8,11-12H,4,9-10H2,1-3H3. The van der Waals surface area contributed by atoms with Gasteiger partial charge in [-0.05, 0) is 61.4 Å². The van der Waals surface area contributed by atoms with Crippen LogP contribution in [0.4, 0.5) is 0 Å². The van der Waals surface area contributed by atoms with Crippen molar-refractivity contribution in [3.8, 4) is 17.2 Å². The van der Waals surface area contributed by atoms with Gasteiger partial charge in [-0.25, -0.2) is 0 Å². The molecule has 0 radical (unpaired) electrons. The second-order valence-electron chi connectivity index (χ2n) is 5.09. The van der Waals surface area contributed by atoms with Crippen molar-refractivity contribution in [2.45, 2.75) is 20.3 Å². The van der Waals surface area contributed by atoms with Gasteiger partial charge in [0.15, 0.2) is 0 Å². The Balaban J connectivity index is 1.74. The van der Waals surface area contributed by atoms with E-state index in [0.29, 0.717) is 13.2 Å². The zero-order valence-corrected chi connectivity index (χ0v) is 14.8. The smallest absolute Gasteiger partial charge is 0.122 e. The van der Waals surface area contributed by atoms with Gasteiger partial charge in [-0.2, -0.15) is 0 Å². The van der Waals surface area contributed by atoms with E-state index in [1.165, 1.54) is 5.56 Å². The van der Waals surface area contributed by atoms with Gasteiger partial charge in [-0.15, -0.1) is 0 Å². The molecule has 0 spiro atoms. The molecule has 0 aliphatic rings. The summed E-state index contributed by atoms with van der Waals surface area (Å²) in [6, 6.07) is 11.7. The van der Waals surface area contributed by atoms with Gasteiger partial charge < -0.3 is 14.2 Å². The number of methoxy groups -OCH3 is 1. The summed E-state index contributed by atoms with van der Waals surface area (Å²) in [4.78, 5) is 0. The van der Waals surface area contributed by atoms with Crippen molar-refractivity contribution in [3.63, 3.8) is 0 Å². The van der Waals surface area contributed by atoms with Crippen molar-refractivity contribution in [1.82, 2.24) is 0 Å². The first-order chi connectivity index (χ1) is 10.6. The van der Waals surface area contributed by atoms with Crippen LogP contribution in [0.3, 0.4) is 0 Å². The van der Waals surface area contributed by atoms with Crippen LogP contribution in [0.2, 0.25) is 0 Å². The molecular weight excluding hydrogens is 344 g/mol. The molecule has 0 aliphatic heterocycles. The lowest BCUT2D eigenvalue weighted by atomic mass is 10.1. The van der Waals surface area contributed by atoms with E-state index < -0.39 is 0 Å². The Morgan fingerprint density at radius 1 is 0.864 bits per heavy atom. The number of benzene rings is 2. The largest absolute Gasteiger partial charge is 0.497 e. The van der Waals surface area contributed by atoms with Gasteiger partial charge in [0.1, 0.15) is 17.2 Å². The van der Waals surface area contributed by atoms with E-state index in [-0.39, 0.29) is 0 Å². The van der Waals surface area contributed by atoms with Crippen LogP contribution in [0.1, 0.15) is 17.5 Å². The molecule has 0 aliphatic carbocycles. The molecule has 0 saturated heterocycles. The third kappa shape index (κ3) is 4.67. The Bertz CT molecular complexity index is 608. The number of rotatable bonds is 7. The minimum Gasteiger partial charge on any atom is -0.497 e. The number of hydrogen-bond donors (Lipinski definition) is 0. The summed E-state index contributed by atoms with van der Waals surface area (Å²) in [5.74, 6) is 2.61. The zero-order valence-electron chi connectivity index (χ0n) is 13.2. The monoisotopic (exact) mass is 364 g/mol. The highest BCUT2D eigenvalue weighted by Crippen LogP contribution is 2.26. The molecule has 0 atom stereocenters. The summed E-state index contributed by atoms with van der Waals surface area (Å²) >= 11 is 3.52. The first kappa shape index (κ1) is 16.7. The molecule has 0 N–H and O–H groups in total. The SMILES string of the molecule is COc1ccc(OCCCOc2cc(C)c(Br)cc2C)cc1. The maximum absolute atomic E-state index is 5.83. The molecule has 0 amide bonds. The fourth-order valence-corrected chi connectivity index (χ4v) is 2.47. The average molecular weight is 365 g/mol. The van der Waals surface area contributed by atoms with E-state index >= 15 is 0 Å². The van der Waals surface area contributed by atoms with E-state index in [1.807, 2.05) is 31.2 Å². The highest BCUT2D eigenvalue weighted by molar-refractivity contribution is 9.10. The van der Waals surface area contributed by atoms with Crippen molar-refractivity contribution in [2.24, 2.45) is 0 Å². The summed E-state index contributed by atoms with van der Waals surface area (Å²) < 4.78 is 17.7. The minimum atomic E-state index is 0.626. The highest BCUT2D eigenvalue weighted by atomic mass is 79.9. The molecule has 118 valence electrons. The van der Waals surface area contributed by atoms with Crippen LogP contribution in [-0.2, 0) is 0 Å². The predicted molar refractivity (Wildman–Crippen MR) is 92.2 cm³/mol. The third-order valence-electron chi connectivity index (χ3n) is 3.33. The number of hydrogen-bond acceptors (Lipinski definition) is 3. The molecule has 3 nitrogen and oxygen atoms in total. The third-order valence-corrected chi connectivity index (χ3v) is 4.18. The average Bonchev–Trinajstić information content (AvgIpc) is 2.52. The first-order valence-corrected chi connectivity index (χ1v) is 8.06. The molecule has 2 aromatic carbocycles. The molecule has 22 heavy (non-hydrogen) atoms. The second-order valence-corrected chi connectivity index (χ2v) is 5.95. The van der Waals surface area contributed by atoms with E-state index in [4.69, 9.17) is 14.2 Å². The lowest BCUT2D eigenvalue weighted by Crippen LogP contribution is -2.05. The van der Waals surface area contributed by atoms with Crippen molar-refractivity contribution < 1.29 is 14.2 Å². The van der Waals surface area contributed by atoms with Crippen molar-refractivity contribution >= 4 is 15.9 Å². The lowest BCUT2D eigenvalue weighted by Gasteiger charge is -2.12. The fourth-order valence-electron chi connectivity index (χ4n) is 2.01. The molecule has 0 aromatic heterocycles. The molecule has 0 heterocycles. The topological polar surface area (TPSA) is 27.7 Å². The molecular formula is C18H21BrO3. The van der Waals surface area contributed by atoms with Gasteiger partial charge in [-0.1, -0.05) is 15.9 Å². The molecule has 4 heteroatoms. The number of ether oxygens (including phenoxy) is 3. The Kier molecular flexibility index (Phi) is 6.13. The number of halogens is 1. The van der Waals surface area contributed by atoms with Crippen LogP contribution in [0.5, 0.6) is 17.2 Å². The quantitative estimate of drug-likeness (QED) is 0.652. The zero-order chi connectivity index (χ0) is 15.9. The van der Waals surface area contributed by atoms with E-state index in [1.54, 1.807) is 7.11 Å². The Morgan fingerprint density at radius 2 is 1.50 bits per heavy atom. The van der Waals surface area contributed by atoms with Gasteiger partial charge in [0.05, 0.1) is 20.3 Å². The molecule has 0 bridgehead atoms. The molecule has 0 unspecified atom stereocenters. The van der Waals surface area contributed by atoms with E-state index in [2.05, 4.69) is 35.0 Å². The van der Waals surface area contributed by atoms with Gasteiger partial charge >= 0.3 is 0 Å². The van der Waals surface area contributed by atoms with Crippen LogP contribution in [0.15, 0.2) is 40.9 Å². The summed E-state index contributed by atoms with van der Waals surface area (Å²) in [5.41, 5.74) is 2.31. The van der Waals surface area contributed by atoms with Crippen LogP contribution >= 0.6 is 15.9 Å². The van der Waals surface area contributed by atoms with Crippen molar-refractivity contribution in [1.29, 1.82) is 0 Å². The first-order valence-electron chi connectivity index (χ1n) is 7.26. The van der Waals surface area contributed by atoms with Gasteiger partial charge in [0.2, 0.25) is 0 Å². The highest BCUT2D eigenvalue weighted by Gasteiger charge is 2.04. The Hall–Kier alpha value is -1.68. The van der Waals surface area contributed by atoms with Crippen LogP contribution in [0.25, 0.3) is 0 Å². The molecule has 2 aromatic rings. The van der Waals surface area contributed by atoms with Crippen molar-refractivity contribution in [3.05, 3.63) is 52.0 Å². The van der Waals surface area contributed by atoms with Crippen LogP contribution in [0, 0.1) is 13.8 Å². The maximum atomic E-state index is 5.83. The minimum absolute atomic E-state index is 0.626. The summed E-state index contributed by atoms with van der Waals surface area (Å²) in [5, 5.41) is 0. The second kappa shape index (κ2) is 8.08. The lowest BCUT2D eigenvalue weighted by molar-refractivity contribution is 0.246. The molecule has 2 rings (SSSR count). The maximum Gasteiger partial charge on any atom is 0.122 e. The van der Waals surface area contributed by atoms with Crippen molar-refractivity contribution in [2.75, 3.05) is 20.3 Å². The summed E-state index contributed by atoms with van der Waals surface area (Å²) in [7, 11) is 1.65. The number of aryl methyl sites for hydroxylation is 2. The predicted octanol–water partition coefficient (Wildman–Crippen LogP) is 4.92. The van der Waals surface area contributed by atoms with Crippen LogP contribution in [-0.4, -0.2) is 20.3 Å². The molecule has 0 saturated carbocycles. The summed E-state index contributed by atoms with van der Waals surface area (Å²) in [6.07, 6.45) is 0.834. The molecule has 0 fully saturated rings. The van der Waals surface area contributed by atoms with Gasteiger partial charge in [-0.3, -0.25) is 0 Å². The van der Waals surface area contributed by atoms with Gasteiger partial charge in [0.25, 0.3) is 0 Å². The van der Waals surface area contributed by atoms with E-state index in [0.717, 1.165) is 33.7 Å². The normalized spacial score (nSPS) is 10.4. The van der Waals surface area contributed by atoms with E-state index in [9.17, 15) is 0 Å². The Morgan fingerprint density at radius 3 is 2.18 bits per heavy atom. The Labute approximate surface area is 140 Å². The summed E-state index contributed by atoms with van der Waals surface area (Å²) in [6.45, 7) is 5.37. The fraction of sp³-hybridized carbons (Fsp3) is 0.333.